The van der Waals surface area contributed by atoms with Crippen LogP contribution in [0.15, 0.2) is 24.3 Å². The molecule has 4 aliphatic rings. The number of fused-ring (bicyclic) bond motifs is 3. The predicted molar refractivity (Wildman–Crippen MR) is 100 cm³/mol. The molecule has 28 heavy (non-hydrogen) atoms. The molecule has 2 amide bonds. The van der Waals surface area contributed by atoms with E-state index in [-0.39, 0.29) is 35.6 Å². The van der Waals surface area contributed by atoms with Gasteiger partial charge < -0.3 is 20.1 Å². The topological polar surface area (TPSA) is 93.7 Å². The Hall–Kier alpha value is -2.57. The number of hydrogen-bond donors (Lipinski definition) is 2. The average molecular weight is 386 g/mol. The molecule has 7 heteroatoms. The minimum atomic E-state index is -0.768. The minimum Gasteiger partial charge on any atom is -0.467 e. The Labute approximate surface area is 164 Å². The van der Waals surface area contributed by atoms with Gasteiger partial charge in [-0.15, -0.1) is 0 Å². The summed E-state index contributed by atoms with van der Waals surface area (Å²) in [4.78, 5) is 37.0. The molecule has 1 aromatic carbocycles. The molecule has 1 aromatic rings. The van der Waals surface area contributed by atoms with E-state index in [4.69, 9.17) is 9.47 Å². The van der Waals surface area contributed by atoms with Gasteiger partial charge in [0.15, 0.2) is 5.72 Å². The van der Waals surface area contributed by atoms with Gasteiger partial charge in [0.2, 0.25) is 5.91 Å². The highest BCUT2D eigenvalue weighted by molar-refractivity contribution is 5.98. The molecule has 4 atom stereocenters. The van der Waals surface area contributed by atoms with Crippen molar-refractivity contribution < 1.29 is 23.9 Å². The summed E-state index contributed by atoms with van der Waals surface area (Å²) in [5.74, 6) is -0.253. The molecule has 0 saturated heterocycles. The molecule has 3 aliphatic carbocycles. The fourth-order valence-electron chi connectivity index (χ4n) is 5.15. The lowest BCUT2D eigenvalue weighted by Crippen LogP contribution is -2.69. The summed E-state index contributed by atoms with van der Waals surface area (Å²) in [6.07, 6.45) is 2.97. The number of amides is 2. The molecular formula is C21H26N2O5. The number of para-hydroxylation sites is 1. The van der Waals surface area contributed by atoms with Crippen LogP contribution in [0.5, 0.6) is 5.75 Å². The number of carbonyl (C=O) groups is 3. The molecule has 2 N–H and O–H groups in total. The van der Waals surface area contributed by atoms with Crippen LogP contribution in [0, 0.1) is 17.3 Å². The van der Waals surface area contributed by atoms with Crippen molar-refractivity contribution >= 4 is 17.8 Å². The number of hydrogen-bond acceptors (Lipinski definition) is 5. The van der Waals surface area contributed by atoms with E-state index in [1.54, 1.807) is 13.0 Å². The highest BCUT2D eigenvalue weighted by atomic mass is 16.5. The van der Waals surface area contributed by atoms with Crippen LogP contribution in [0.1, 0.15) is 49.9 Å². The minimum absolute atomic E-state index is 0.0463. The molecule has 0 aromatic heterocycles. The SMILES string of the molecule is CCOC(=O)CNC(=O)[C@H]1C[C@H]2CC[C@@]1(C)C[C@]21NC(=O)c2ccccc2O1. The van der Waals surface area contributed by atoms with Crippen LogP contribution in [0.2, 0.25) is 0 Å². The smallest absolute Gasteiger partial charge is 0.325 e. The normalized spacial score (nSPS) is 32.9. The third-order valence-electron chi connectivity index (χ3n) is 6.53. The predicted octanol–water partition coefficient (Wildman–Crippen LogP) is 2.01. The van der Waals surface area contributed by atoms with Crippen molar-refractivity contribution in [1.82, 2.24) is 10.6 Å². The van der Waals surface area contributed by atoms with Gasteiger partial charge in [-0.2, -0.15) is 0 Å². The number of ether oxygens (including phenoxy) is 2. The Morgan fingerprint density at radius 1 is 1.36 bits per heavy atom. The van der Waals surface area contributed by atoms with Crippen LogP contribution in [0.3, 0.4) is 0 Å². The Morgan fingerprint density at radius 3 is 2.89 bits per heavy atom. The van der Waals surface area contributed by atoms with E-state index in [2.05, 4.69) is 17.6 Å². The first-order chi connectivity index (χ1) is 13.4. The summed E-state index contributed by atoms with van der Waals surface area (Å²) in [5, 5.41) is 5.83. The van der Waals surface area contributed by atoms with E-state index < -0.39 is 11.7 Å². The van der Waals surface area contributed by atoms with Crippen molar-refractivity contribution in [2.24, 2.45) is 17.3 Å². The van der Waals surface area contributed by atoms with Gasteiger partial charge in [-0.3, -0.25) is 14.4 Å². The fourth-order valence-corrected chi connectivity index (χ4v) is 5.15. The van der Waals surface area contributed by atoms with Crippen LogP contribution in [0.25, 0.3) is 0 Å². The van der Waals surface area contributed by atoms with Crippen molar-refractivity contribution in [2.75, 3.05) is 13.2 Å². The van der Waals surface area contributed by atoms with Crippen molar-refractivity contribution in [2.45, 2.75) is 45.3 Å². The van der Waals surface area contributed by atoms with Crippen molar-refractivity contribution in [3.63, 3.8) is 0 Å². The van der Waals surface area contributed by atoms with Crippen LogP contribution in [0.4, 0.5) is 0 Å². The maximum absolute atomic E-state index is 12.8. The maximum Gasteiger partial charge on any atom is 0.325 e. The van der Waals surface area contributed by atoms with E-state index in [0.717, 1.165) is 12.8 Å². The van der Waals surface area contributed by atoms with E-state index in [0.29, 0.717) is 30.8 Å². The van der Waals surface area contributed by atoms with Gasteiger partial charge in [-0.25, -0.2) is 0 Å². The summed E-state index contributed by atoms with van der Waals surface area (Å²) >= 11 is 0. The molecule has 3 fully saturated rings. The van der Waals surface area contributed by atoms with Gasteiger partial charge in [0.1, 0.15) is 12.3 Å². The first-order valence-corrected chi connectivity index (χ1v) is 9.91. The molecule has 1 heterocycles. The summed E-state index contributed by atoms with van der Waals surface area (Å²) in [6, 6.07) is 7.26. The molecule has 150 valence electrons. The van der Waals surface area contributed by atoms with E-state index in [1.165, 1.54) is 0 Å². The molecule has 1 spiro atoms. The summed E-state index contributed by atoms with van der Waals surface area (Å²) in [7, 11) is 0. The summed E-state index contributed by atoms with van der Waals surface area (Å²) in [5.41, 5.74) is -0.535. The fraction of sp³-hybridized carbons (Fsp3) is 0.571. The molecule has 2 bridgehead atoms. The van der Waals surface area contributed by atoms with E-state index in [1.807, 2.05) is 18.2 Å². The second-order valence-electron chi connectivity index (χ2n) is 8.32. The number of nitrogens with one attached hydrogen (secondary N) is 2. The van der Waals surface area contributed by atoms with Crippen LogP contribution in [-0.4, -0.2) is 36.7 Å². The first-order valence-electron chi connectivity index (χ1n) is 9.91. The number of benzene rings is 1. The van der Waals surface area contributed by atoms with Gasteiger partial charge >= 0.3 is 5.97 Å². The Balaban J connectivity index is 1.52. The highest BCUT2D eigenvalue weighted by Gasteiger charge is 2.61. The quantitative estimate of drug-likeness (QED) is 0.772. The Bertz CT molecular complexity index is 825. The third-order valence-corrected chi connectivity index (χ3v) is 6.53. The van der Waals surface area contributed by atoms with Gasteiger partial charge in [0.05, 0.1) is 12.2 Å². The van der Waals surface area contributed by atoms with Crippen molar-refractivity contribution in [3.8, 4) is 5.75 Å². The zero-order valence-electron chi connectivity index (χ0n) is 16.2. The largest absolute Gasteiger partial charge is 0.467 e. The molecular weight excluding hydrogens is 360 g/mol. The lowest BCUT2D eigenvalue weighted by atomic mass is 9.52. The number of esters is 1. The molecule has 3 saturated carbocycles. The summed E-state index contributed by atoms with van der Waals surface area (Å²) < 4.78 is 11.2. The molecule has 0 radical (unpaired) electrons. The third kappa shape index (κ3) is 3.02. The monoisotopic (exact) mass is 386 g/mol. The van der Waals surface area contributed by atoms with Gasteiger partial charge in [0.25, 0.3) is 5.91 Å². The Kier molecular flexibility index (Phi) is 4.56. The number of rotatable bonds is 4. The lowest BCUT2D eigenvalue weighted by Gasteiger charge is -2.59. The second-order valence-corrected chi connectivity index (χ2v) is 8.32. The Morgan fingerprint density at radius 2 is 2.14 bits per heavy atom. The van der Waals surface area contributed by atoms with Crippen molar-refractivity contribution in [3.05, 3.63) is 29.8 Å². The van der Waals surface area contributed by atoms with Crippen LogP contribution >= 0.6 is 0 Å². The van der Waals surface area contributed by atoms with Crippen LogP contribution < -0.4 is 15.4 Å². The van der Waals surface area contributed by atoms with Gasteiger partial charge in [-0.05, 0) is 43.7 Å². The van der Waals surface area contributed by atoms with E-state index in [9.17, 15) is 14.4 Å². The zero-order valence-corrected chi connectivity index (χ0v) is 16.2. The second kappa shape index (κ2) is 6.79. The molecule has 7 nitrogen and oxygen atoms in total. The average Bonchev–Trinajstić information content (AvgIpc) is 2.66. The number of carbonyl (C=O) groups excluding carboxylic acids is 3. The molecule has 1 aliphatic heterocycles. The van der Waals surface area contributed by atoms with Gasteiger partial charge in [0, 0.05) is 18.3 Å². The van der Waals surface area contributed by atoms with Gasteiger partial charge in [-0.1, -0.05) is 19.1 Å². The van der Waals surface area contributed by atoms with Crippen molar-refractivity contribution in [1.29, 1.82) is 0 Å². The molecule has 0 unspecified atom stereocenters. The lowest BCUT2D eigenvalue weighted by molar-refractivity contribution is -0.168. The zero-order chi connectivity index (χ0) is 19.9. The van der Waals surface area contributed by atoms with Crippen LogP contribution in [-0.2, 0) is 14.3 Å². The van der Waals surface area contributed by atoms with E-state index >= 15 is 0 Å². The maximum atomic E-state index is 12.8. The summed E-state index contributed by atoms with van der Waals surface area (Å²) in [6.45, 7) is 3.99. The standard InChI is InChI=1S/C21H26N2O5/c1-3-27-17(24)11-22-19(26)15-10-13-8-9-20(15,2)12-21(13)23-18(25)14-6-4-5-7-16(14)28-21/h4-7,13,15H,3,8-12H2,1-2H3,(H,22,26)(H,23,25)/t13-,15-,20+,21-/m1/s1. The first kappa shape index (κ1) is 18.8. The highest BCUT2D eigenvalue weighted by Crippen LogP contribution is 2.58. The molecule has 5 rings (SSSR count).